The van der Waals surface area contributed by atoms with Crippen LogP contribution in [0.4, 0.5) is 0 Å². The first-order valence-electron chi connectivity index (χ1n) is 6.78. The number of carboxylic acids is 1. The van der Waals surface area contributed by atoms with Crippen molar-refractivity contribution in [3.63, 3.8) is 0 Å². The number of amides is 1. The maximum atomic E-state index is 12.2. The first kappa shape index (κ1) is 15.0. The number of carbonyl (C=O) groups excluding carboxylic acids is 1. The molecule has 0 aromatic heterocycles. The smallest absolute Gasteiger partial charge is 0.326 e. The van der Waals surface area contributed by atoms with Crippen molar-refractivity contribution in [1.82, 2.24) is 10.6 Å². The minimum atomic E-state index is -0.948. The average Bonchev–Trinajstić information content (AvgIpc) is 2.34. The number of hydrogen-bond acceptors (Lipinski definition) is 3. The zero-order valence-corrected chi connectivity index (χ0v) is 11.3. The van der Waals surface area contributed by atoms with E-state index in [0.717, 1.165) is 38.6 Å². The van der Waals surface area contributed by atoms with Crippen molar-refractivity contribution in [3.8, 4) is 0 Å². The molecule has 1 heterocycles. The summed E-state index contributed by atoms with van der Waals surface area (Å²) in [6, 6.07) is -0.766. The molecule has 0 aromatic carbocycles. The Labute approximate surface area is 108 Å². The van der Waals surface area contributed by atoms with E-state index in [-0.39, 0.29) is 5.91 Å². The fourth-order valence-electron chi connectivity index (χ4n) is 2.23. The molecule has 0 saturated carbocycles. The topological polar surface area (TPSA) is 78.4 Å². The molecule has 1 rings (SSSR count). The summed E-state index contributed by atoms with van der Waals surface area (Å²) in [4.78, 5) is 23.3. The van der Waals surface area contributed by atoms with E-state index in [1.165, 1.54) is 0 Å². The molecule has 1 amide bonds. The number of rotatable bonds is 6. The van der Waals surface area contributed by atoms with E-state index in [9.17, 15) is 9.59 Å². The van der Waals surface area contributed by atoms with Crippen LogP contribution in [-0.2, 0) is 9.59 Å². The third kappa shape index (κ3) is 3.98. The zero-order valence-electron chi connectivity index (χ0n) is 11.3. The van der Waals surface area contributed by atoms with Crippen molar-refractivity contribution in [1.29, 1.82) is 0 Å². The van der Waals surface area contributed by atoms with Crippen LogP contribution in [0.5, 0.6) is 0 Å². The van der Waals surface area contributed by atoms with Gasteiger partial charge in [-0.05, 0) is 39.2 Å². The number of hydrogen-bond donors (Lipinski definition) is 3. The summed E-state index contributed by atoms with van der Waals surface area (Å²) in [5, 5.41) is 14.9. The number of nitrogens with one attached hydrogen (secondary N) is 2. The van der Waals surface area contributed by atoms with Gasteiger partial charge in [-0.25, -0.2) is 4.79 Å². The first-order valence-corrected chi connectivity index (χ1v) is 6.78. The van der Waals surface area contributed by atoms with Crippen LogP contribution in [0.2, 0.25) is 0 Å². The lowest BCUT2D eigenvalue weighted by atomic mass is 9.89. The van der Waals surface area contributed by atoms with Crippen LogP contribution in [0.15, 0.2) is 0 Å². The molecule has 0 aliphatic carbocycles. The van der Waals surface area contributed by atoms with E-state index < -0.39 is 17.6 Å². The lowest BCUT2D eigenvalue weighted by molar-refractivity contribution is -0.143. The predicted molar refractivity (Wildman–Crippen MR) is 69.4 cm³/mol. The summed E-state index contributed by atoms with van der Waals surface area (Å²) < 4.78 is 0. The Morgan fingerprint density at radius 2 is 2.17 bits per heavy atom. The fraction of sp³-hybridized carbons (Fsp3) is 0.846. The zero-order chi connectivity index (χ0) is 13.6. The largest absolute Gasteiger partial charge is 0.480 e. The number of carbonyl (C=O) groups is 2. The van der Waals surface area contributed by atoms with Gasteiger partial charge in [-0.1, -0.05) is 19.8 Å². The molecule has 0 radical (unpaired) electrons. The standard InChI is InChI=1S/C13H24N2O3/c1-3-4-7-10(11(16)17)15-12(18)13(2)8-5-6-9-14-13/h10,14H,3-9H2,1-2H3,(H,15,18)(H,16,17). The van der Waals surface area contributed by atoms with E-state index in [2.05, 4.69) is 10.6 Å². The first-order chi connectivity index (χ1) is 8.49. The molecular formula is C13H24N2O3. The molecule has 5 heteroatoms. The van der Waals surface area contributed by atoms with Crippen LogP contribution in [-0.4, -0.2) is 35.1 Å². The van der Waals surface area contributed by atoms with Crippen LogP contribution in [0.1, 0.15) is 52.4 Å². The van der Waals surface area contributed by atoms with Crippen molar-refractivity contribution in [2.24, 2.45) is 0 Å². The molecule has 0 aromatic rings. The van der Waals surface area contributed by atoms with E-state index in [1.54, 1.807) is 0 Å². The normalized spacial score (nSPS) is 25.4. The van der Waals surface area contributed by atoms with Crippen molar-refractivity contribution in [2.45, 2.75) is 64.0 Å². The van der Waals surface area contributed by atoms with Crippen molar-refractivity contribution in [3.05, 3.63) is 0 Å². The van der Waals surface area contributed by atoms with Crippen LogP contribution in [0.25, 0.3) is 0 Å². The minimum absolute atomic E-state index is 0.189. The van der Waals surface area contributed by atoms with Gasteiger partial charge in [0.2, 0.25) is 5.91 Å². The number of piperidine rings is 1. The maximum Gasteiger partial charge on any atom is 0.326 e. The van der Waals surface area contributed by atoms with Gasteiger partial charge in [0.15, 0.2) is 0 Å². The number of aliphatic carboxylic acids is 1. The Bertz CT molecular complexity index is 299. The third-order valence-electron chi connectivity index (χ3n) is 3.57. The van der Waals surface area contributed by atoms with Gasteiger partial charge in [0, 0.05) is 0 Å². The molecular weight excluding hydrogens is 232 g/mol. The monoisotopic (exact) mass is 256 g/mol. The molecule has 5 nitrogen and oxygen atoms in total. The summed E-state index contributed by atoms with van der Waals surface area (Å²) in [5.74, 6) is -1.14. The minimum Gasteiger partial charge on any atom is -0.480 e. The molecule has 1 fully saturated rings. The summed E-state index contributed by atoms with van der Waals surface area (Å²) in [5.41, 5.74) is -0.613. The summed E-state index contributed by atoms with van der Waals surface area (Å²) in [7, 11) is 0. The van der Waals surface area contributed by atoms with E-state index in [4.69, 9.17) is 5.11 Å². The van der Waals surface area contributed by atoms with Gasteiger partial charge >= 0.3 is 5.97 Å². The second kappa shape index (κ2) is 6.73. The van der Waals surface area contributed by atoms with Crippen molar-refractivity contribution in [2.75, 3.05) is 6.54 Å². The quantitative estimate of drug-likeness (QED) is 0.669. The summed E-state index contributed by atoms with van der Waals surface area (Å²) >= 11 is 0. The van der Waals surface area contributed by atoms with Gasteiger partial charge in [-0.2, -0.15) is 0 Å². The molecule has 1 aliphatic rings. The predicted octanol–water partition coefficient (Wildman–Crippen LogP) is 1.28. The van der Waals surface area contributed by atoms with Gasteiger partial charge in [0.25, 0.3) is 0 Å². The van der Waals surface area contributed by atoms with Crippen LogP contribution in [0.3, 0.4) is 0 Å². The lowest BCUT2D eigenvalue weighted by Crippen LogP contribution is -2.59. The SMILES string of the molecule is CCCCC(NC(=O)C1(C)CCCCN1)C(=O)O. The molecule has 0 bridgehead atoms. The van der Waals surface area contributed by atoms with E-state index in [1.807, 2.05) is 13.8 Å². The Morgan fingerprint density at radius 3 is 2.67 bits per heavy atom. The van der Waals surface area contributed by atoms with Gasteiger partial charge in [-0.3, -0.25) is 4.79 Å². The molecule has 3 N–H and O–H groups in total. The van der Waals surface area contributed by atoms with Crippen molar-refractivity contribution < 1.29 is 14.7 Å². The Morgan fingerprint density at radius 1 is 1.44 bits per heavy atom. The highest BCUT2D eigenvalue weighted by Gasteiger charge is 2.36. The highest BCUT2D eigenvalue weighted by Crippen LogP contribution is 2.19. The Hall–Kier alpha value is -1.10. The molecule has 1 saturated heterocycles. The summed E-state index contributed by atoms with van der Waals surface area (Å²) in [6.07, 6.45) is 5.06. The highest BCUT2D eigenvalue weighted by molar-refractivity contribution is 5.89. The van der Waals surface area contributed by atoms with Gasteiger partial charge in [-0.15, -0.1) is 0 Å². The van der Waals surface area contributed by atoms with E-state index >= 15 is 0 Å². The Kier molecular flexibility index (Phi) is 5.59. The lowest BCUT2D eigenvalue weighted by Gasteiger charge is -2.34. The molecule has 18 heavy (non-hydrogen) atoms. The fourth-order valence-corrected chi connectivity index (χ4v) is 2.23. The molecule has 1 aliphatic heterocycles. The van der Waals surface area contributed by atoms with Gasteiger partial charge in [0.1, 0.15) is 6.04 Å². The van der Waals surface area contributed by atoms with Crippen LogP contribution < -0.4 is 10.6 Å². The van der Waals surface area contributed by atoms with Gasteiger partial charge in [0.05, 0.1) is 5.54 Å². The highest BCUT2D eigenvalue weighted by atomic mass is 16.4. The Balaban J connectivity index is 2.56. The maximum absolute atomic E-state index is 12.2. The molecule has 2 unspecified atom stereocenters. The average molecular weight is 256 g/mol. The van der Waals surface area contributed by atoms with Crippen LogP contribution in [0, 0.1) is 0 Å². The molecule has 2 atom stereocenters. The number of carboxylic acid groups (broad SMARTS) is 1. The van der Waals surface area contributed by atoms with Gasteiger partial charge < -0.3 is 15.7 Å². The third-order valence-corrected chi connectivity index (χ3v) is 3.57. The molecule has 0 spiro atoms. The second-order valence-corrected chi connectivity index (χ2v) is 5.22. The number of unbranched alkanes of at least 4 members (excludes halogenated alkanes) is 1. The second-order valence-electron chi connectivity index (χ2n) is 5.22. The molecule has 104 valence electrons. The summed E-state index contributed by atoms with van der Waals surface area (Å²) in [6.45, 7) is 4.67. The van der Waals surface area contributed by atoms with Crippen LogP contribution >= 0.6 is 0 Å². The van der Waals surface area contributed by atoms with Crippen molar-refractivity contribution >= 4 is 11.9 Å². The van der Waals surface area contributed by atoms with E-state index in [0.29, 0.717) is 6.42 Å².